The minimum Gasteiger partial charge on any atom is -0.403 e. The summed E-state index contributed by atoms with van der Waals surface area (Å²) in [6.45, 7) is 3.90. The van der Waals surface area contributed by atoms with Crippen LogP contribution in [0.3, 0.4) is 0 Å². The summed E-state index contributed by atoms with van der Waals surface area (Å²) < 4.78 is 5.36. The predicted octanol–water partition coefficient (Wildman–Crippen LogP) is 4.27. The summed E-state index contributed by atoms with van der Waals surface area (Å²) in [6.07, 6.45) is 0. The number of nitrogens with zero attached hydrogens (tertiary/aromatic N) is 2. The number of benzene rings is 3. The number of carbonyl (C=O) groups excluding carboxylic acids is 2. The van der Waals surface area contributed by atoms with Crippen molar-refractivity contribution >= 4 is 28.4 Å². The molecule has 0 saturated heterocycles. The monoisotopic (exact) mass is 396 g/mol. The lowest BCUT2D eigenvalue weighted by molar-refractivity contribution is 0.0926. The minimum absolute atomic E-state index is 0.103. The van der Waals surface area contributed by atoms with E-state index in [-0.39, 0.29) is 17.4 Å². The van der Waals surface area contributed by atoms with Crippen LogP contribution in [0.15, 0.2) is 69.9 Å². The van der Waals surface area contributed by atoms with Crippen molar-refractivity contribution in [2.24, 2.45) is 0 Å². The standard InChI is InChI=1S/C24H16N2O4/c1-13-7-9-16(11-14(13)2)26-22(27)17-10-8-15(12-19(17)23(26)28)21-25-20-6-4-3-5-18(20)24(29)30-21/h3-12H,1-2H3. The van der Waals surface area contributed by atoms with Crippen LogP contribution in [0.2, 0.25) is 0 Å². The number of hydrogen-bond acceptors (Lipinski definition) is 5. The largest absolute Gasteiger partial charge is 0.403 e. The van der Waals surface area contributed by atoms with Crippen molar-refractivity contribution in [2.75, 3.05) is 4.90 Å². The van der Waals surface area contributed by atoms with Gasteiger partial charge in [0, 0.05) is 5.56 Å². The first-order valence-electron chi connectivity index (χ1n) is 9.44. The Balaban J connectivity index is 1.60. The summed E-state index contributed by atoms with van der Waals surface area (Å²) in [7, 11) is 0. The topological polar surface area (TPSA) is 80.5 Å². The van der Waals surface area contributed by atoms with E-state index in [1.54, 1.807) is 48.5 Å². The number of para-hydroxylation sites is 1. The molecule has 30 heavy (non-hydrogen) atoms. The fourth-order valence-electron chi connectivity index (χ4n) is 3.62. The first-order valence-corrected chi connectivity index (χ1v) is 9.44. The zero-order valence-electron chi connectivity index (χ0n) is 16.3. The van der Waals surface area contributed by atoms with Crippen LogP contribution in [0.4, 0.5) is 5.69 Å². The van der Waals surface area contributed by atoms with Gasteiger partial charge in [0.05, 0.1) is 27.7 Å². The molecule has 4 aromatic rings. The number of carbonyl (C=O) groups is 2. The lowest BCUT2D eigenvalue weighted by Gasteiger charge is -2.15. The van der Waals surface area contributed by atoms with E-state index in [2.05, 4.69) is 4.98 Å². The molecule has 0 bridgehead atoms. The number of hydrogen-bond donors (Lipinski definition) is 0. The summed E-state index contributed by atoms with van der Waals surface area (Å²) in [6, 6.07) is 17.1. The van der Waals surface area contributed by atoms with Gasteiger partial charge in [0.15, 0.2) is 0 Å². The molecule has 1 aliphatic rings. The molecule has 6 heteroatoms. The molecule has 2 heterocycles. The van der Waals surface area contributed by atoms with E-state index in [1.165, 1.54) is 4.90 Å². The maximum absolute atomic E-state index is 13.1. The van der Waals surface area contributed by atoms with Gasteiger partial charge in [-0.25, -0.2) is 14.7 Å². The second-order valence-corrected chi connectivity index (χ2v) is 7.30. The molecule has 1 aromatic heterocycles. The van der Waals surface area contributed by atoms with Crippen LogP contribution in [-0.2, 0) is 0 Å². The van der Waals surface area contributed by atoms with Gasteiger partial charge in [-0.1, -0.05) is 18.2 Å². The van der Waals surface area contributed by atoms with E-state index < -0.39 is 11.5 Å². The van der Waals surface area contributed by atoms with Gasteiger partial charge in [-0.15, -0.1) is 0 Å². The molecule has 0 saturated carbocycles. The lowest BCUT2D eigenvalue weighted by atomic mass is 10.1. The lowest BCUT2D eigenvalue weighted by Crippen LogP contribution is -2.29. The number of imide groups is 1. The Morgan fingerprint density at radius 3 is 2.37 bits per heavy atom. The van der Waals surface area contributed by atoms with Crippen LogP contribution in [0.5, 0.6) is 0 Å². The Bertz CT molecular complexity index is 1440. The van der Waals surface area contributed by atoms with E-state index in [0.717, 1.165) is 11.1 Å². The number of aryl methyl sites for hydroxylation is 2. The number of fused-ring (bicyclic) bond motifs is 2. The quantitative estimate of drug-likeness (QED) is 0.473. The van der Waals surface area contributed by atoms with Gasteiger partial charge >= 0.3 is 5.63 Å². The molecule has 0 N–H and O–H groups in total. The van der Waals surface area contributed by atoms with Crippen LogP contribution < -0.4 is 10.5 Å². The molecule has 0 fully saturated rings. The van der Waals surface area contributed by atoms with Crippen molar-refractivity contribution in [1.82, 2.24) is 4.98 Å². The van der Waals surface area contributed by atoms with Crippen LogP contribution in [0.25, 0.3) is 22.4 Å². The molecule has 0 aliphatic carbocycles. The van der Waals surface area contributed by atoms with Crippen molar-refractivity contribution in [1.29, 1.82) is 0 Å². The highest BCUT2D eigenvalue weighted by molar-refractivity contribution is 6.34. The van der Waals surface area contributed by atoms with Gasteiger partial charge in [0.25, 0.3) is 11.8 Å². The summed E-state index contributed by atoms with van der Waals surface area (Å²) >= 11 is 0. The van der Waals surface area contributed by atoms with Crippen LogP contribution in [0.1, 0.15) is 31.8 Å². The Labute approximate surface area is 171 Å². The number of aromatic nitrogens is 1. The molecule has 0 unspecified atom stereocenters. The zero-order chi connectivity index (χ0) is 21.0. The van der Waals surface area contributed by atoms with Gasteiger partial charge in [0.1, 0.15) is 0 Å². The average molecular weight is 396 g/mol. The molecule has 0 radical (unpaired) electrons. The second kappa shape index (κ2) is 6.49. The summed E-state index contributed by atoms with van der Waals surface area (Å²) in [5, 5.41) is 0.384. The van der Waals surface area contributed by atoms with Gasteiger partial charge < -0.3 is 4.42 Å². The van der Waals surface area contributed by atoms with Gasteiger partial charge in [-0.05, 0) is 67.4 Å². The van der Waals surface area contributed by atoms with Crippen LogP contribution in [0, 0.1) is 13.8 Å². The van der Waals surface area contributed by atoms with Crippen LogP contribution in [-0.4, -0.2) is 16.8 Å². The van der Waals surface area contributed by atoms with Crippen molar-refractivity contribution in [3.05, 3.63) is 93.3 Å². The second-order valence-electron chi connectivity index (χ2n) is 7.30. The van der Waals surface area contributed by atoms with E-state index in [1.807, 2.05) is 26.0 Å². The molecular formula is C24H16N2O4. The van der Waals surface area contributed by atoms with Crippen molar-refractivity contribution in [2.45, 2.75) is 13.8 Å². The SMILES string of the molecule is Cc1ccc(N2C(=O)c3ccc(-c4nc5ccccc5c(=O)o4)cc3C2=O)cc1C. The normalized spacial score (nSPS) is 13.2. The molecule has 146 valence electrons. The molecule has 0 atom stereocenters. The first-order chi connectivity index (χ1) is 14.4. The maximum atomic E-state index is 13.1. The highest BCUT2D eigenvalue weighted by atomic mass is 16.4. The maximum Gasteiger partial charge on any atom is 0.347 e. The summed E-state index contributed by atoms with van der Waals surface area (Å²) in [4.78, 5) is 43.8. The van der Waals surface area contributed by atoms with Gasteiger partial charge in [-0.2, -0.15) is 0 Å². The highest BCUT2D eigenvalue weighted by Crippen LogP contribution is 2.32. The number of amides is 2. The fourth-order valence-corrected chi connectivity index (χ4v) is 3.62. The predicted molar refractivity (Wildman–Crippen MR) is 113 cm³/mol. The Kier molecular flexibility index (Phi) is 3.89. The van der Waals surface area contributed by atoms with E-state index >= 15 is 0 Å². The fraction of sp³-hybridized carbons (Fsp3) is 0.0833. The molecule has 2 amide bonds. The molecule has 3 aromatic carbocycles. The molecule has 6 nitrogen and oxygen atoms in total. The van der Waals surface area contributed by atoms with E-state index in [9.17, 15) is 14.4 Å². The third-order valence-corrected chi connectivity index (χ3v) is 5.42. The zero-order valence-corrected chi connectivity index (χ0v) is 16.3. The molecular weight excluding hydrogens is 380 g/mol. The number of anilines is 1. The van der Waals surface area contributed by atoms with Crippen LogP contribution >= 0.6 is 0 Å². The minimum atomic E-state index is -0.504. The summed E-state index contributed by atoms with van der Waals surface area (Å²) in [5.74, 6) is -0.688. The van der Waals surface area contributed by atoms with Crippen molar-refractivity contribution in [3.8, 4) is 11.5 Å². The molecule has 5 rings (SSSR count). The van der Waals surface area contributed by atoms with Crippen molar-refractivity contribution in [3.63, 3.8) is 0 Å². The van der Waals surface area contributed by atoms with Gasteiger partial charge in [-0.3, -0.25) is 9.59 Å². The Morgan fingerprint density at radius 1 is 0.800 bits per heavy atom. The first kappa shape index (κ1) is 18.0. The Morgan fingerprint density at radius 2 is 1.57 bits per heavy atom. The summed E-state index contributed by atoms with van der Waals surface area (Å²) in [5.41, 5.74) is 3.62. The van der Waals surface area contributed by atoms with Crippen molar-refractivity contribution < 1.29 is 14.0 Å². The van der Waals surface area contributed by atoms with E-state index in [0.29, 0.717) is 27.7 Å². The third-order valence-electron chi connectivity index (χ3n) is 5.42. The highest BCUT2D eigenvalue weighted by Gasteiger charge is 2.37. The Hall–Kier alpha value is -4.06. The molecule has 1 aliphatic heterocycles. The number of rotatable bonds is 2. The average Bonchev–Trinajstić information content (AvgIpc) is 3.00. The van der Waals surface area contributed by atoms with E-state index in [4.69, 9.17) is 4.42 Å². The third kappa shape index (κ3) is 2.65. The molecule has 0 spiro atoms. The van der Waals surface area contributed by atoms with Gasteiger partial charge in [0.2, 0.25) is 5.89 Å². The smallest absolute Gasteiger partial charge is 0.347 e.